The van der Waals surface area contributed by atoms with Gasteiger partial charge in [0, 0.05) is 18.9 Å². The van der Waals surface area contributed by atoms with Gasteiger partial charge in [0.25, 0.3) is 0 Å². The quantitative estimate of drug-likeness (QED) is 0.751. The van der Waals surface area contributed by atoms with Gasteiger partial charge in [-0.1, -0.05) is 19.1 Å². The number of Topliss-reactive ketones (excluding diaryl/α,β-unsaturated/α-hetero) is 1. The average Bonchev–Trinajstić information content (AvgIpc) is 2.38. The van der Waals surface area contributed by atoms with Crippen LogP contribution in [0, 0.1) is 23.7 Å². The first-order chi connectivity index (χ1) is 9.13. The maximum absolute atomic E-state index is 12.2. The van der Waals surface area contributed by atoms with Crippen molar-refractivity contribution in [3.05, 3.63) is 12.2 Å². The Labute approximate surface area is 115 Å². The molecule has 0 amide bonds. The lowest BCUT2D eigenvalue weighted by Crippen LogP contribution is -2.39. The van der Waals surface area contributed by atoms with Crippen molar-refractivity contribution in [2.24, 2.45) is 23.7 Å². The summed E-state index contributed by atoms with van der Waals surface area (Å²) in [4.78, 5) is 12.2. The zero-order chi connectivity index (χ0) is 13.8. The topological polar surface area (TPSA) is 57.5 Å². The second-order valence-corrected chi connectivity index (χ2v) is 6.20. The summed E-state index contributed by atoms with van der Waals surface area (Å²) in [7, 11) is 0. The predicted octanol–water partition coefficient (Wildman–Crippen LogP) is 2.32. The van der Waals surface area contributed by atoms with Gasteiger partial charge in [-0.05, 0) is 49.9 Å². The smallest absolute Gasteiger partial charge is 0.136 e. The molecule has 0 bridgehead atoms. The van der Waals surface area contributed by atoms with Gasteiger partial charge in [0.15, 0.2) is 0 Å². The Morgan fingerprint density at radius 2 is 2.16 bits per heavy atom. The van der Waals surface area contributed by atoms with Crippen molar-refractivity contribution >= 4 is 5.78 Å². The minimum Gasteiger partial charge on any atom is -0.396 e. The number of carbonyl (C=O) groups is 1. The van der Waals surface area contributed by atoms with Gasteiger partial charge in [-0.3, -0.25) is 4.79 Å². The standard InChI is InChI=1S/C16H26O3/c1-11-5-6-12-3-2-4-15(19)16(12)14(11)8-7-13(18)9-10-17/h5-6,11-14,16-18H,2-4,7-10H2,1H3/t11-,12+,13+,14-,16-/m0/s1. The normalized spacial score (nSPS) is 36.1. The third-order valence-corrected chi connectivity index (χ3v) is 4.89. The van der Waals surface area contributed by atoms with Crippen LogP contribution in [-0.2, 0) is 4.79 Å². The number of allylic oxidation sites excluding steroid dienone is 2. The SMILES string of the molecule is C[C@H]1C=C[C@H]2CCCC(=O)[C@@H]2[C@H]1CC[C@@H](O)CCO. The summed E-state index contributed by atoms with van der Waals surface area (Å²) < 4.78 is 0. The Morgan fingerprint density at radius 3 is 2.89 bits per heavy atom. The first kappa shape index (κ1) is 14.7. The number of hydrogen-bond acceptors (Lipinski definition) is 3. The van der Waals surface area contributed by atoms with Crippen LogP contribution in [-0.4, -0.2) is 28.7 Å². The van der Waals surface area contributed by atoms with Gasteiger partial charge in [-0.2, -0.15) is 0 Å². The fourth-order valence-electron chi connectivity index (χ4n) is 3.78. The third kappa shape index (κ3) is 3.46. The van der Waals surface area contributed by atoms with Gasteiger partial charge < -0.3 is 10.2 Å². The molecule has 2 aliphatic carbocycles. The summed E-state index contributed by atoms with van der Waals surface area (Å²) in [6, 6.07) is 0. The third-order valence-electron chi connectivity index (χ3n) is 4.89. The first-order valence-corrected chi connectivity index (χ1v) is 7.63. The predicted molar refractivity (Wildman–Crippen MR) is 74.6 cm³/mol. The Hall–Kier alpha value is -0.670. The van der Waals surface area contributed by atoms with Crippen LogP contribution in [0.25, 0.3) is 0 Å². The van der Waals surface area contributed by atoms with Crippen molar-refractivity contribution in [1.29, 1.82) is 0 Å². The van der Waals surface area contributed by atoms with E-state index in [0.29, 0.717) is 36.4 Å². The highest BCUT2D eigenvalue weighted by atomic mass is 16.3. The Balaban J connectivity index is 2.00. The molecule has 108 valence electrons. The molecule has 2 aliphatic rings. The Morgan fingerprint density at radius 1 is 1.37 bits per heavy atom. The van der Waals surface area contributed by atoms with E-state index in [0.717, 1.165) is 25.7 Å². The molecular formula is C16H26O3. The number of aliphatic hydroxyl groups is 2. The van der Waals surface area contributed by atoms with E-state index >= 15 is 0 Å². The number of carbonyl (C=O) groups excluding carboxylic acids is 1. The molecular weight excluding hydrogens is 240 g/mol. The van der Waals surface area contributed by atoms with Gasteiger partial charge in [-0.15, -0.1) is 0 Å². The van der Waals surface area contributed by atoms with Crippen molar-refractivity contribution in [2.75, 3.05) is 6.61 Å². The molecule has 0 unspecified atom stereocenters. The van der Waals surface area contributed by atoms with Crippen LogP contribution >= 0.6 is 0 Å². The van der Waals surface area contributed by atoms with E-state index in [2.05, 4.69) is 19.1 Å². The highest BCUT2D eigenvalue weighted by Gasteiger charge is 2.40. The largest absolute Gasteiger partial charge is 0.396 e. The molecule has 0 heterocycles. The highest BCUT2D eigenvalue weighted by molar-refractivity contribution is 5.82. The maximum atomic E-state index is 12.2. The van der Waals surface area contributed by atoms with Crippen molar-refractivity contribution in [2.45, 2.75) is 51.6 Å². The van der Waals surface area contributed by atoms with Crippen molar-refractivity contribution in [3.8, 4) is 0 Å². The molecule has 0 aromatic carbocycles. The van der Waals surface area contributed by atoms with Gasteiger partial charge in [0.2, 0.25) is 0 Å². The van der Waals surface area contributed by atoms with E-state index in [9.17, 15) is 9.90 Å². The molecule has 5 atom stereocenters. The number of aliphatic hydroxyl groups excluding tert-OH is 2. The molecule has 0 aliphatic heterocycles. The average molecular weight is 266 g/mol. The van der Waals surface area contributed by atoms with Crippen LogP contribution in [0.1, 0.15) is 45.4 Å². The summed E-state index contributed by atoms with van der Waals surface area (Å²) in [6.07, 6.45) is 8.99. The highest BCUT2D eigenvalue weighted by Crippen LogP contribution is 2.43. The second kappa shape index (κ2) is 6.67. The van der Waals surface area contributed by atoms with Crippen molar-refractivity contribution in [1.82, 2.24) is 0 Å². The van der Waals surface area contributed by atoms with Gasteiger partial charge >= 0.3 is 0 Å². The van der Waals surface area contributed by atoms with E-state index in [1.54, 1.807) is 0 Å². The zero-order valence-electron chi connectivity index (χ0n) is 11.8. The van der Waals surface area contributed by atoms with Crippen LogP contribution in [0.3, 0.4) is 0 Å². The van der Waals surface area contributed by atoms with Gasteiger partial charge in [-0.25, -0.2) is 0 Å². The first-order valence-electron chi connectivity index (χ1n) is 7.63. The van der Waals surface area contributed by atoms with E-state index in [4.69, 9.17) is 5.11 Å². The van der Waals surface area contributed by atoms with E-state index in [1.165, 1.54) is 0 Å². The summed E-state index contributed by atoms with van der Waals surface area (Å²) in [5.74, 6) is 1.82. The molecule has 0 spiro atoms. The van der Waals surface area contributed by atoms with E-state index in [-0.39, 0.29) is 12.5 Å². The van der Waals surface area contributed by atoms with Crippen LogP contribution in [0.5, 0.6) is 0 Å². The molecule has 19 heavy (non-hydrogen) atoms. The Bertz CT molecular complexity index is 337. The fraction of sp³-hybridized carbons (Fsp3) is 0.812. The molecule has 2 N–H and O–H groups in total. The molecule has 2 rings (SSSR count). The van der Waals surface area contributed by atoms with E-state index < -0.39 is 6.10 Å². The molecule has 0 saturated heterocycles. The van der Waals surface area contributed by atoms with E-state index in [1.807, 2.05) is 0 Å². The monoisotopic (exact) mass is 266 g/mol. The summed E-state index contributed by atoms with van der Waals surface area (Å²) in [6.45, 7) is 2.21. The zero-order valence-corrected chi connectivity index (χ0v) is 11.8. The summed E-state index contributed by atoms with van der Waals surface area (Å²) in [5.41, 5.74) is 0. The lowest BCUT2D eigenvalue weighted by Gasteiger charge is -2.40. The molecule has 1 fully saturated rings. The van der Waals surface area contributed by atoms with Crippen LogP contribution in [0.15, 0.2) is 12.2 Å². The summed E-state index contributed by atoms with van der Waals surface area (Å²) in [5, 5.41) is 18.6. The van der Waals surface area contributed by atoms with Gasteiger partial charge in [0.1, 0.15) is 5.78 Å². The lowest BCUT2D eigenvalue weighted by molar-refractivity contribution is -0.129. The molecule has 3 nitrogen and oxygen atoms in total. The molecule has 3 heteroatoms. The minimum absolute atomic E-state index is 0.0340. The molecule has 0 aromatic heterocycles. The second-order valence-electron chi connectivity index (χ2n) is 6.20. The van der Waals surface area contributed by atoms with Gasteiger partial charge in [0.05, 0.1) is 6.10 Å². The fourth-order valence-corrected chi connectivity index (χ4v) is 3.78. The molecule has 1 saturated carbocycles. The van der Waals surface area contributed by atoms with Crippen LogP contribution in [0.2, 0.25) is 0 Å². The number of fused-ring (bicyclic) bond motifs is 1. The maximum Gasteiger partial charge on any atom is 0.136 e. The van der Waals surface area contributed by atoms with Crippen LogP contribution in [0.4, 0.5) is 0 Å². The minimum atomic E-state index is -0.430. The van der Waals surface area contributed by atoms with Crippen LogP contribution < -0.4 is 0 Å². The number of rotatable bonds is 5. The number of ketones is 1. The van der Waals surface area contributed by atoms with Crippen molar-refractivity contribution < 1.29 is 15.0 Å². The number of hydrogen-bond donors (Lipinski definition) is 2. The molecule has 0 radical (unpaired) electrons. The lowest BCUT2D eigenvalue weighted by atomic mass is 9.63. The summed E-state index contributed by atoms with van der Waals surface area (Å²) >= 11 is 0. The Kier molecular flexibility index (Phi) is 5.17. The van der Waals surface area contributed by atoms with Crippen molar-refractivity contribution in [3.63, 3.8) is 0 Å². The molecule has 0 aromatic rings.